The third kappa shape index (κ3) is 4.94. The van der Waals surface area contributed by atoms with Gasteiger partial charge in [-0.2, -0.15) is 0 Å². The van der Waals surface area contributed by atoms with Crippen LogP contribution in [0, 0.1) is 0 Å². The van der Waals surface area contributed by atoms with Crippen LogP contribution < -0.4 is 10.1 Å². The summed E-state index contributed by atoms with van der Waals surface area (Å²) in [7, 11) is 0. The van der Waals surface area contributed by atoms with E-state index in [9.17, 15) is 14.4 Å². The molecule has 1 atom stereocenters. The molecule has 1 aliphatic heterocycles. The Kier molecular flexibility index (Phi) is 5.86. The highest BCUT2D eigenvalue weighted by atomic mass is 16.5. The number of hydrogen-bond acceptors (Lipinski definition) is 5. The van der Waals surface area contributed by atoms with Crippen molar-refractivity contribution < 1.29 is 23.9 Å². The Hall–Kier alpha value is -3.15. The number of rotatable bonds is 7. The summed E-state index contributed by atoms with van der Waals surface area (Å²) in [5.41, 5.74) is 2.01. The number of nitrogens with one attached hydrogen (secondary N) is 1. The number of ketones is 1. The van der Waals surface area contributed by atoms with Crippen LogP contribution in [0.4, 0.5) is 0 Å². The summed E-state index contributed by atoms with van der Waals surface area (Å²) in [4.78, 5) is 36.2. The maximum absolute atomic E-state index is 12.2. The summed E-state index contributed by atoms with van der Waals surface area (Å²) in [5.74, 6) is -0.258. The number of Topliss-reactive ketones (excluding diaryl/α,β-unsaturated/α-hetero) is 1. The first-order valence-corrected chi connectivity index (χ1v) is 8.83. The third-order valence-electron chi connectivity index (χ3n) is 4.26. The van der Waals surface area contributed by atoms with Gasteiger partial charge in [0.1, 0.15) is 5.75 Å². The Morgan fingerprint density at radius 3 is 2.67 bits per heavy atom. The Bertz CT molecular complexity index is 847. The van der Waals surface area contributed by atoms with Gasteiger partial charge in [0.15, 0.2) is 12.4 Å². The van der Waals surface area contributed by atoms with Crippen molar-refractivity contribution in [1.82, 2.24) is 5.32 Å². The maximum Gasteiger partial charge on any atom is 0.308 e. The van der Waals surface area contributed by atoms with Gasteiger partial charge in [-0.25, -0.2) is 0 Å². The topological polar surface area (TPSA) is 81.7 Å². The van der Waals surface area contributed by atoms with Crippen LogP contribution >= 0.6 is 0 Å². The zero-order valence-electron chi connectivity index (χ0n) is 15.1. The summed E-state index contributed by atoms with van der Waals surface area (Å²) >= 11 is 0. The highest BCUT2D eigenvalue weighted by Crippen LogP contribution is 2.26. The molecule has 0 radical (unpaired) electrons. The number of benzene rings is 2. The van der Waals surface area contributed by atoms with E-state index in [0.717, 1.165) is 17.7 Å². The largest absolute Gasteiger partial charge is 0.493 e. The number of carbonyl (C=O) groups is 3. The molecular formula is C21H21NO5. The van der Waals surface area contributed by atoms with E-state index in [2.05, 4.69) is 5.32 Å². The maximum atomic E-state index is 12.2. The van der Waals surface area contributed by atoms with Crippen molar-refractivity contribution in [3.05, 3.63) is 65.2 Å². The van der Waals surface area contributed by atoms with Crippen molar-refractivity contribution in [3.63, 3.8) is 0 Å². The number of carbonyl (C=O) groups excluding carboxylic acids is 3. The molecular weight excluding hydrogens is 346 g/mol. The molecule has 0 bridgehead atoms. The van der Waals surface area contributed by atoms with Crippen molar-refractivity contribution >= 4 is 17.7 Å². The molecule has 0 saturated carbocycles. The molecule has 1 aliphatic rings. The van der Waals surface area contributed by atoms with Crippen LogP contribution in [-0.2, 0) is 16.0 Å². The fourth-order valence-electron chi connectivity index (χ4n) is 2.85. The van der Waals surface area contributed by atoms with E-state index >= 15 is 0 Å². The summed E-state index contributed by atoms with van der Waals surface area (Å²) < 4.78 is 10.5. The molecule has 3 rings (SSSR count). The molecule has 1 heterocycles. The minimum absolute atomic E-state index is 0.0100. The summed E-state index contributed by atoms with van der Waals surface area (Å²) in [6.07, 6.45) is 0.763. The predicted octanol–water partition coefficient (Wildman–Crippen LogP) is 2.56. The van der Waals surface area contributed by atoms with Crippen molar-refractivity contribution in [2.75, 3.05) is 13.2 Å². The summed E-state index contributed by atoms with van der Waals surface area (Å²) in [6.45, 7) is 2.01. The summed E-state index contributed by atoms with van der Waals surface area (Å²) in [5, 5.41) is 2.74. The highest BCUT2D eigenvalue weighted by molar-refractivity contribution is 5.98. The first-order valence-electron chi connectivity index (χ1n) is 8.83. The van der Waals surface area contributed by atoms with Crippen LogP contribution in [0.2, 0.25) is 0 Å². The van der Waals surface area contributed by atoms with Gasteiger partial charge in [0, 0.05) is 23.6 Å². The Morgan fingerprint density at radius 1 is 1.11 bits per heavy atom. The molecule has 1 unspecified atom stereocenters. The molecule has 0 aliphatic carbocycles. The van der Waals surface area contributed by atoms with E-state index in [4.69, 9.17) is 9.47 Å². The van der Waals surface area contributed by atoms with Gasteiger partial charge in [-0.15, -0.1) is 0 Å². The van der Waals surface area contributed by atoms with Gasteiger partial charge >= 0.3 is 5.97 Å². The second-order valence-electron chi connectivity index (χ2n) is 6.45. The van der Waals surface area contributed by atoms with Crippen LogP contribution in [0.15, 0.2) is 48.5 Å². The van der Waals surface area contributed by atoms with Gasteiger partial charge in [-0.1, -0.05) is 18.2 Å². The minimum atomic E-state index is -0.534. The van der Waals surface area contributed by atoms with Gasteiger partial charge in [-0.3, -0.25) is 14.4 Å². The zero-order valence-corrected chi connectivity index (χ0v) is 15.1. The quantitative estimate of drug-likeness (QED) is 0.601. The molecule has 6 nitrogen and oxygen atoms in total. The zero-order chi connectivity index (χ0) is 19.2. The first kappa shape index (κ1) is 18.6. The van der Waals surface area contributed by atoms with Crippen molar-refractivity contribution in [2.24, 2.45) is 0 Å². The Balaban J connectivity index is 1.45. The lowest BCUT2D eigenvalue weighted by atomic mass is 10.1. The van der Waals surface area contributed by atoms with Gasteiger partial charge in [-0.05, 0) is 42.8 Å². The smallest absolute Gasteiger partial charge is 0.308 e. The second kappa shape index (κ2) is 8.49. The summed E-state index contributed by atoms with van der Waals surface area (Å²) in [6, 6.07) is 13.6. The van der Waals surface area contributed by atoms with Crippen LogP contribution in [0.1, 0.15) is 39.6 Å². The first-order chi connectivity index (χ1) is 13.0. The van der Waals surface area contributed by atoms with Crippen LogP contribution in [0.5, 0.6) is 5.75 Å². The van der Waals surface area contributed by atoms with E-state index in [1.165, 1.54) is 0 Å². The number of esters is 1. The molecule has 2 aromatic carbocycles. The SMILES string of the molecule is CC(CC(=O)OCC(=O)c1ccc2c(c1)CCO2)NC(=O)c1ccccc1. The third-order valence-corrected chi connectivity index (χ3v) is 4.26. The molecule has 1 amide bonds. The lowest BCUT2D eigenvalue weighted by Crippen LogP contribution is -2.34. The fourth-order valence-corrected chi connectivity index (χ4v) is 2.85. The van der Waals surface area contributed by atoms with Crippen molar-refractivity contribution in [2.45, 2.75) is 25.8 Å². The standard InChI is InChI=1S/C21H21NO5/c1-14(22-21(25)15-5-3-2-4-6-15)11-20(24)27-13-18(23)16-7-8-19-17(12-16)9-10-26-19/h2-8,12,14H,9-11,13H2,1H3,(H,22,25). The second-order valence-corrected chi connectivity index (χ2v) is 6.45. The molecule has 0 saturated heterocycles. The van der Waals surface area contributed by atoms with E-state index in [0.29, 0.717) is 17.7 Å². The normalized spacial score (nSPS) is 13.2. The number of fused-ring (bicyclic) bond motifs is 1. The molecule has 27 heavy (non-hydrogen) atoms. The molecule has 6 heteroatoms. The molecule has 0 fully saturated rings. The van der Waals surface area contributed by atoms with Crippen LogP contribution in [0.25, 0.3) is 0 Å². The molecule has 1 N–H and O–H groups in total. The number of hydrogen-bond donors (Lipinski definition) is 1. The average Bonchev–Trinajstić information content (AvgIpc) is 3.14. The lowest BCUT2D eigenvalue weighted by molar-refractivity contribution is -0.142. The van der Waals surface area contributed by atoms with Gasteiger partial charge in [0.2, 0.25) is 0 Å². The Labute approximate surface area is 157 Å². The fraction of sp³-hybridized carbons (Fsp3) is 0.286. The molecule has 0 aromatic heterocycles. The lowest BCUT2D eigenvalue weighted by Gasteiger charge is -2.13. The average molecular weight is 367 g/mol. The van der Waals surface area contributed by atoms with Crippen molar-refractivity contribution in [3.8, 4) is 5.75 Å². The van der Waals surface area contributed by atoms with Crippen LogP contribution in [0.3, 0.4) is 0 Å². The monoisotopic (exact) mass is 367 g/mol. The van der Waals surface area contributed by atoms with Gasteiger partial charge in [0.05, 0.1) is 13.0 Å². The minimum Gasteiger partial charge on any atom is -0.493 e. The van der Waals surface area contributed by atoms with E-state index in [1.807, 2.05) is 6.07 Å². The van der Waals surface area contributed by atoms with Crippen molar-refractivity contribution in [1.29, 1.82) is 0 Å². The van der Waals surface area contributed by atoms with E-state index in [1.54, 1.807) is 49.4 Å². The Morgan fingerprint density at radius 2 is 1.89 bits per heavy atom. The predicted molar refractivity (Wildman–Crippen MR) is 98.9 cm³/mol. The number of ether oxygens (including phenoxy) is 2. The van der Waals surface area contributed by atoms with E-state index in [-0.39, 0.29) is 24.7 Å². The van der Waals surface area contributed by atoms with E-state index < -0.39 is 12.0 Å². The van der Waals surface area contributed by atoms with Gasteiger partial charge < -0.3 is 14.8 Å². The molecule has 0 spiro atoms. The van der Waals surface area contributed by atoms with Gasteiger partial charge in [0.25, 0.3) is 5.91 Å². The number of amides is 1. The molecule has 140 valence electrons. The van der Waals surface area contributed by atoms with Crippen LogP contribution in [-0.4, -0.2) is 36.9 Å². The highest BCUT2D eigenvalue weighted by Gasteiger charge is 2.18. The molecule has 2 aromatic rings.